The fourth-order valence-corrected chi connectivity index (χ4v) is 4.22. The van der Waals surface area contributed by atoms with Gasteiger partial charge in [0.2, 0.25) is 0 Å². The van der Waals surface area contributed by atoms with Crippen molar-refractivity contribution in [3.05, 3.63) is 64.1 Å². The molecule has 2 bridgehead atoms. The molecule has 5 heteroatoms. The summed E-state index contributed by atoms with van der Waals surface area (Å²) in [5, 5.41) is 3.02. The van der Waals surface area contributed by atoms with E-state index in [4.69, 9.17) is 0 Å². The number of hydrogen-bond acceptors (Lipinski definition) is 2. The molecule has 136 valence electrons. The summed E-state index contributed by atoms with van der Waals surface area (Å²) in [6.07, 6.45) is 1.05. The van der Waals surface area contributed by atoms with Crippen LogP contribution in [0.5, 0.6) is 0 Å². The Bertz CT molecular complexity index is 870. The highest BCUT2D eigenvalue weighted by atomic mass is 16.2. The van der Waals surface area contributed by atoms with Crippen molar-refractivity contribution in [3.8, 4) is 0 Å². The van der Waals surface area contributed by atoms with Crippen molar-refractivity contribution in [2.45, 2.75) is 38.6 Å². The van der Waals surface area contributed by atoms with Gasteiger partial charge in [-0.05, 0) is 42.0 Å². The highest BCUT2D eigenvalue weighted by molar-refractivity contribution is 5.89. The first-order chi connectivity index (χ1) is 12.5. The van der Waals surface area contributed by atoms with Crippen LogP contribution in [-0.2, 0) is 6.54 Å². The van der Waals surface area contributed by atoms with E-state index in [2.05, 4.69) is 31.3 Å². The van der Waals surface area contributed by atoms with Gasteiger partial charge in [-0.2, -0.15) is 0 Å². The lowest BCUT2D eigenvalue weighted by molar-refractivity contribution is 0.139. The van der Waals surface area contributed by atoms with Crippen molar-refractivity contribution in [1.82, 2.24) is 9.47 Å². The van der Waals surface area contributed by atoms with Crippen molar-refractivity contribution in [2.75, 3.05) is 18.4 Å². The van der Waals surface area contributed by atoms with Crippen LogP contribution in [0.3, 0.4) is 0 Å². The number of carbonyl (C=O) groups excluding carboxylic acids is 1. The van der Waals surface area contributed by atoms with Crippen LogP contribution in [0.25, 0.3) is 0 Å². The van der Waals surface area contributed by atoms with E-state index in [0.717, 1.165) is 17.8 Å². The van der Waals surface area contributed by atoms with Crippen molar-refractivity contribution in [3.63, 3.8) is 0 Å². The number of nitrogens with zero attached hydrogens (tertiary/aromatic N) is 2. The molecule has 5 nitrogen and oxygen atoms in total. The zero-order valence-electron chi connectivity index (χ0n) is 15.3. The number of benzene rings is 1. The zero-order chi connectivity index (χ0) is 18.3. The molecule has 1 N–H and O–H groups in total. The smallest absolute Gasteiger partial charge is 0.321 e. The lowest BCUT2D eigenvalue weighted by atomic mass is 9.83. The third-order valence-corrected chi connectivity index (χ3v) is 5.60. The molecule has 3 heterocycles. The van der Waals surface area contributed by atoms with E-state index in [1.807, 2.05) is 33.7 Å². The van der Waals surface area contributed by atoms with Crippen LogP contribution in [0.2, 0.25) is 0 Å². The second-order valence-electron chi connectivity index (χ2n) is 7.81. The highest BCUT2D eigenvalue weighted by Crippen LogP contribution is 2.35. The standard InChI is InChI=1S/C21H25N3O2/c1-14(2)16-6-8-18(9-7-16)22-21(26)23-11-15-10-17(13-23)19-4-3-5-20(25)24(19)12-15/h3-9,14-15,17H,10-13H2,1-2H3,(H,22,26)/t15-,17-/m1/s1. The van der Waals surface area contributed by atoms with Crippen LogP contribution >= 0.6 is 0 Å². The maximum Gasteiger partial charge on any atom is 0.321 e. The molecule has 0 spiro atoms. The summed E-state index contributed by atoms with van der Waals surface area (Å²) < 4.78 is 1.89. The third kappa shape index (κ3) is 3.14. The van der Waals surface area contributed by atoms with Crippen LogP contribution in [-0.4, -0.2) is 28.6 Å². The molecule has 1 fully saturated rings. The van der Waals surface area contributed by atoms with Crippen molar-refractivity contribution >= 4 is 11.7 Å². The summed E-state index contributed by atoms with van der Waals surface area (Å²) in [6, 6.07) is 13.5. The van der Waals surface area contributed by atoms with Gasteiger partial charge in [-0.15, -0.1) is 0 Å². The summed E-state index contributed by atoms with van der Waals surface area (Å²) >= 11 is 0. The number of nitrogens with one attached hydrogen (secondary N) is 1. The van der Waals surface area contributed by atoms with E-state index in [9.17, 15) is 9.59 Å². The molecule has 26 heavy (non-hydrogen) atoms. The Kier molecular flexibility index (Phi) is 4.31. The highest BCUT2D eigenvalue weighted by Gasteiger charge is 2.36. The van der Waals surface area contributed by atoms with Crippen LogP contribution in [0.1, 0.15) is 43.4 Å². The second-order valence-corrected chi connectivity index (χ2v) is 7.81. The normalized spacial score (nSPS) is 21.4. The predicted molar refractivity (Wildman–Crippen MR) is 103 cm³/mol. The van der Waals surface area contributed by atoms with Crippen LogP contribution in [0, 0.1) is 5.92 Å². The summed E-state index contributed by atoms with van der Waals surface area (Å²) in [6.45, 7) is 6.38. The van der Waals surface area contributed by atoms with Crippen molar-refractivity contribution in [2.24, 2.45) is 5.92 Å². The Balaban J connectivity index is 1.48. The van der Waals surface area contributed by atoms with Gasteiger partial charge < -0.3 is 14.8 Å². The Morgan fingerprint density at radius 2 is 1.85 bits per heavy atom. The molecule has 1 saturated heterocycles. The minimum atomic E-state index is -0.0521. The van der Waals surface area contributed by atoms with Gasteiger partial charge in [-0.25, -0.2) is 4.79 Å². The SMILES string of the molecule is CC(C)c1ccc(NC(=O)N2C[C@H]3C[C@H](C2)c2cccc(=O)n2C3)cc1. The van der Waals surface area contributed by atoms with Crippen molar-refractivity contribution in [1.29, 1.82) is 0 Å². The van der Waals surface area contributed by atoms with E-state index >= 15 is 0 Å². The fraction of sp³-hybridized carbons (Fsp3) is 0.429. The maximum absolute atomic E-state index is 12.7. The molecule has 0 saturated carbocycles. The van der Waals surface area contributed by atoms with E-state index in [1.54, 1.807) is 6.07 Å². The fourth-order valence-electron chi connectivity index (χ4n) is 4.22. The number of carbonyl (C=O) groups is 1. The van der Waals surface area contributed by atoms with Gasteiger partial charge in [0.15, 0.2) is 0 Å². The number of pyridine rings is 1. The quantitative estimate of drug-likeness (QED) is 0.898. The summed E-state index contributed by atoms with van der Waals surface area (Å²) in [5.74, 6) is 1.06. The molecular weight excluding hydrogens is 326 g/mol. The van der Waals surface area contributed by atoms with Crippen LogP contribution < -0.4 is 10.9 Å². The number of anilines is 1. The number of urea groups is 1. The summed E-state index contributed by atoms with van der Waals surface area (Å²) in [4.78, 5) is 26.7. The molecule has 4 rings (SSSR count). The van der Waals surface area contributed by atoms with Crippen LogP contribution in [0.4, 0.5) is 10.5 Å². The van der Waals surface area contributed by atoms with Gasteiger partial charge in [0.25, 0.3) is 5.56 Å². The first-order valence-electron chi connectivity index (χ1n) is 9.37. The molecule has 2 aromatic rings. The summed E-state index contributed by atoms with van der Waals surface area (Å²) in [5.41, 5.74) is 3.22. The molecule has 1 aromatic heterocycles. The van der Waals surface area contributed by atoms with E-state index in [0.29, 0.717) is 31.5 Å². The Morgan fingerprint density at radius 3 is 2.58 bits per heavy atom. The minimum absolute atomic E-state index is 0.0521. The molecule has 0 aliphatic carbocycles. The van der Waals surface area contributed by atoms with E-state index in [1.165, 1.54) is 5.56 Å². The molecular formula is C21H25N3O2. The number of aromatic nitrogens is 1. The van der Waals surface area contributed by atoms with Crippen molar-refractivity contribution < 1.29 is 4.79 Å². The number of likely N-dealkylation sites (tertiary alicyclic amines) is 1. The zero-order valence-corrected chi connectivity index (χ0v) is 15.3. The molecule has 1 aromatic carbocycles. The molecule has 2 atom stereocenters. The van der Waals surface area contributed by atoms with E-state index in [-0.39, 0.29) is 17.5 Å². The average molecular weight is 351 g/mol. The lowest BCUT2D eigenvalue weighted by Gasteiger charge is -2.42. The van der Waals surface area contributed by atoms with Crippen LogP contribution in [0.15, 0.2) is 47.3 Å². The monoisotopic (exact) mass is 351 g/mol. The average Bonchev–Trinajstić information content (AvgIpc) is 2.63. The Hall–Kier alpha value is -2.56. The number of rotatable bonds is 2. The first kappa shape index (κ1) is 16.9. The summed E-state index contributed by atoms with van der Waals surface area (Å²) in [7, 11) is 0. The maximum atomic E-state index is 12.7. The predicted octanol–water partition coefficient (Wildman–Crippen LogP) is 3.62. The minimum Gasteiger partial charge on any atom is -0.324 e. The second kappa shape index (κ2) is 6.63. The molecule has 0 unspecified atom stereocenters. The van der Waals surface area contributed by atoms with Gasteiger partial charge in [0.1, 0.15) is 0 Å². The number of fused-ring (bicyclic) bond motifs is 4. The first-order valence-corrected chi connectivity index (χ1v) is 9.37. The largest absolute Gasteiger partial charge is 0.324 e. The molecule has 2 aliphatic rings. The third-order valence-electron chi connectivity index (χ3n) is 5.60. The number of piperidine rings is 1. The lowest BCUT2D eigenvalue weighted by Crippen LogP contribution is -2.50. The Morgan fingerprint density at radius 1 is 1.08 bits per heavy atom. The molecule has 2 amide bonds. The Labute approximate surface area is 153 Å². The van der Waals surface area contributed by atoms with Gasteiger partial charge in [-0.3, -0.25) is 4.79 Å². The molecule has 0 radical (unpaired) electrons. The topological polar surface area (TPSA) is 54.3 Å². The number of hydrogen-bond donors (Lipinski definition) is 1. The van der Waals surface area contributed by atoms with Gasteiger partial charge in [0, 0.05) is 43.0 Å². The van der Waals surface area contributed by atoms with Gasteiger partial charge in [0.05, 0.1) is 0 Å². The van der Waals surface area contributed by atoms with Gasteiger partial charge in [-0.1, -0.05) is 32.0 Å². The number of amides is 2. The molecule has 2 aliphatic heterocycles. The van der Waals surface area contributed by atoms with E-state index < -0.39 is 0 Å². The van der Waals surface area contributed by atoms with Gasteiger partial charge >= 0.3 is 6.03 Å².